The van der Waals surface area contributed by atoms with E-state index in [0.29, 0.717) is 10.0 Å². The van der Waals surface area contributed by atoms with Crippen LogP contribution in [0.3, 0.4) is 0 Å². The van der Waals surface area contributed by atoms with Crippen molar-refractivity contribution >= 4 is 31.9 Å². The first-order valence-corrected chi connectivity index (χ1v) is 10.4. The highest BCUT2D eigenvalue weighted by Crippen LogP contribution is 2.22. The molecule has 6 nitrogen and oxygen atoms in total. The highest BCUT2D eigenvalue weighted by atomic mass is 79.9. The van der Waals surface area contributed by atoms with Crippen LogP contribution in [0.25, 0.3) is 5.69 Å². The second kappa shape index (κ2) is 7.67. The van der Waals surface area contributed by atoms with Gasteiger partial charge in [-0.3, -0.25) is 10.2 Å². The lowest BCUT2D eigenvalue weighted by Gasteiger charge is -2.11. The van der Waals surface area contributed by atoms with Crippen molar-refractivity contribution < 1.29 is 13.2 Å². The molecule has 0 radical (unpaired) electrons. The number of halogens is 1. The standard InChI is InChI=1S/C19H18BrN3O3S/c1-13-12-16(14(2)23(13)15-8-4-3-5-9-15)19(24)21-22-27(25,26)18-11-7-6-10-17(18)20/h3-12,22H,1-2H3,(H,21,24). The Labute approximate surface area is 166 Å². The first-order valence-electron chi connectivity index (χ1n) is 8.12. The molecular formula is C19H18BrN3O3S. The van der Waals surface area contributed by atoms with Gasteiger partial charge in [0.15, 0.2) is 0 Å². The van der Waals surface area contributed by atoms with Gasteiger partial charge in [0.2, 0.25) is 0 Å². The van der Waals surface area contributed by atoms with E-state index >= 15 is 0 Å². The molecule has 2 N–H and O–H groups in total. The van der Waals surface area contributed by atoms with E-state index in [0.717, 1.165) is 17.1 Å². The largest absolute Gasteiger partial charge is 0.318 e. The van der Waals surface area contributed by atoms with Crippen LogP contribution in [-0.2, 0) is 10.0 Å². The monoisotopic (exact) mass is 447 g/mol. The van der Waals surface area contributed by atoms with Gasteiger partial charge in [-0.05, 0) is 60.1 Å². The molecule has 0 fully saturated rings. The fourth-order valence-corrected chi connectivity index (χ4v) is 4.71. The third kappa shape index (κ3) is 3.97. The average Bonchev–Trinajstić information content (AvgIpc) is 2.95. The van der Waals surface area contributed by atoms with E-state index in [2.05, 4.69) is 26.2 Å². The molecule has 0 bridgehead atoms. The minimum atomic E-state index is -3.90. The number of para-hydroxylation sites is 1. The molecule has 0 spiro atoms. The smallest absolute Gasteiger partial charge is 0.268 e. The van der Waals surface area contributed by atoms with Gasteiger partial charge in [-0.15, -0.1) is 4.83 Å². The van der Waals surface area contributed by atoms with Crippen molar-refractivity contribution in [3.8, 4) is 5.69 Å². The van der Waals surface area contributed by atoms with Crippen LogP contribution in [0.1, 0.15) is 21.7 Å². The number of rotatable bonds is 5. The Morgan fingerprint density at radius 2 is 1.63 bits per heavy atom. The van der Waals surface area contributed by atoms with E-state index in [1.807, 2.05) is 48.7 Å². The number of amides is 1. The molecule has 0 saturated carbocycles. The number of carbonyl (C=O) groups excluding carboxylic acids is 1. The van der Waals surface area contributed by atoms with Crippen LogP contribution in [0.5, 0.6) is 0 Å². The van der Waals surface area contributed by atoms with E-state index in [1.54, 1.807) is 24.3 Å². The van der Waals surface area contributed by atoms with Crippen LogP contribution in [0.4, 0.5) is 0 Å². The van der Waals surface area contributed by atoms with Crippen molar-refractivity contribution in [3.63, 3.8) is 0 Å². The van der Waals surface area contributed by atoms with Crippen LogP contribution in [0, 0.1) is 13.8 Å². The van der Waals surface area contributed by atoms with Gasteiger partial charge in [0.1, 0.15) is 0 Å². The van der Waals surface area contributed by atoms with Gasteiger partial charge >= 0.3 is 0 Å². The second-order valence-electron chi connectivity index (χ2n) is 5.95. The molecule has 0 saturated heterocycles. The predicted octanol–water partition coefficient (Wildman–Crippen LogP) is 3.48. The summed E-state index contributed by atoms with van der Waals surface area (Å²) < 4.78 is 27.2. The van der Waals surface area contributed by atoms with Crippen LogP contribution in [0.15, 0.2) is 70.0 Å². The number of aryl methyl sites for hydroxylation is 1. The first kappa shape index (κ1) is 19.3. The zero-order valence-corrected chi connectivity index (χ0v) is 17.1. The van der Waals surface area contributed by atoms with Gasteiger partial charge in [-0.1, -0.05) is 30.3 Å². The number of benzene rings is 2. The van der Waals surface area contributed by atoms with E-state index in [9.17, 15) is 13.2 Å². The lowest BCUT2D eigenvalue weighted by Crippen LogP contribution is -2.41. The van der Waals surface area contributed by atoms with Crippen LogP contribution >= 0.6 is 15.9 Å². The Morgan fingerprint density at radius 3 is 2.30 bits per heavy atom. The quantitative estimate of drug-likeness (QED) is 0.587. The zero-order chi connectivity index (χ0) is 19.6. The lowest BCUT2D eigenvalue weighted by molar-refractivity contribution is 0.0944. The number of hydrogen-bond acceptors (Lipinski definition) is 3. The van der Waals surface area contributed by atoms with Gasteiger partial charge in [-0.25, -0.2) is 8.42 Å². The first-order chi connectivity index (χ1) is 12.8. The summed E-state index contributed by atoms with van der Waals surface area (Å²) in [5, 5.41) is 0. The van der Waals surface area contributed by atoms with E-state index in [4.69, 9.17) is 0 Å². The van der Waals surface area contributed by atoms with Crippen LogP contribution in [0.2, 0.25) is 0 Å². The number of nitrogens with one attached hydrogen (secondary N) is 2. The number of aromatic nitrogens is 1. The van der Waals surface area contributed by atoms with Gasteiger partial charge in [0, 0.05) is 21.5 Å². The molecule has 0 aliphatic heterocycles. The Bertz CT molecular complexity index is 1090. The van der Waals surface area contributed by atoms with Gasteiger partial charge < -0.3 is 4.57 Å². The van der Waals surface area contributed by atoms with Crippen LogP contribution < -0.4 is 10.3 Å². The third-order valence-corrected chi connectivity index (χ3v) is 6.38. The van der Waals surface area contributed by atoms with Crippen LogP contribution in [-0.4, -0.2) is 18.9 Å². The fourth-order valence-electron chi connectivity index (χ4n) is 2.87. The summed E-state index contributed by atoms with van der Waals surface area (Å²) in [5.41, 5.74) is 5.20. The Kier molecular flexibility index (Phi) is 5.50. The molecule has 1 heterocycles. The second-order valence-corrected chi connectivity index (χ2v) is 8.45. The third-order valence-electron chi connectivity index (χ3n) is 4.12. The molecule has 3 rings (SSSR count). The molecule has 8 heteroatoms. The topological polar surface area (TPSA) is 80.2 Å². The molecule has 0 aliphatic rings. The maximum atomic E-state index is 12.6. The maximum absolute atomic E-state index is 12.6. The summed E-state index contributed by atoms with van der Waals surface area (Å²) in [7, 11) is -3.90. The highest BCUT2D eigenvalue weighted by Gasteiger charge is 2.21. The number of hydrogen-bond donors (Lipinski definition) is 2. The zero-order valence-electron chi connectivity index (χ0n) is 14.7. The fraction of sp³-hybridized carbons (Fsp3) is 0.105. The lowest BCUT2D eigenvalue weighted by atomic mass is 10.2. The number of nitrogens with zero attached hydrogens (tertiary/aromatic N) is 1. The Morgan fingerprint density at radius 1 is 1.00 bits per heavy atom. The molecule has 140 valence electrons. The summed E-state index contributed by atoms with van der Waals surface area (Å²) >= 11 is 3.20. The summed E-state index contributed by atoms with van der Waals surface area (Å²) in [4.78, 5) is 14.7. The molecule has 2 aromatic carbocycles. The van der Waals surface area contributed by atoms with Crippen molar-refractivity contribution in [2.75, 3.05) is 0 Å². The number of carbonyl (C=O) groups is 1. The van der Waals surface area contributed by atoms with Crippen molar-refractivity contribution in [2.45, 2.75) is 18.7 Å². The number of hydrazine groups is 1. The molecule has 1 amide bonds. The molecule has 27 heavy (non-hydrogen) atoms. The Hall–Kier alpha value is -2.42. The van der Waals surface area contributed by atoms with Crippen molar-refractivity contribution in [3.05, 3.63) is 82.1 Å². The van der Waals surface area contributed by atoms with Crippen molar-refractivity contribution in [1.82, 2.24) is 14.8 Å². The summed E-state index contributed by atoms with van der Waals surface area (Å²) in [6.07, 6.45) is 0. The summed E-state index contributed by atoms with van der Waals surface area (Å²) in [6, 6.07) is 17.7. The van der Waals surface area contributed by atoms with E-state index in [1.165, 1.54) is 6.07 Å². The minimum absolute atomic E-state index is 0.0417. The predicted molar refractivity (Wildman–Crippen MR) is 107 cm³/mol. The molecular weight excluding hydrogens is 430 g/mol. The summed E-state index contributed by atoms with van der Waals surface area (Å²) in [6.45, 7) is 3.71. The van der Waals surface area contributed by atoms with Gasteiger partial charge in [0.05, 0.1) is 10.5 Å². The SMILES string of the molecule is Cc1cc(C(=O)NNS(=O)(=O)c2ccccc2Br)c(C)n1-c1ccccc1. The molecule has 1 aromatic heterocycles. The number of sulfonamides is 1. The summed E-state index contributed by atoms with van der Waals surface area (Å²) in [5.74, 6) is -0.527. The molecule has 3 aromatic rings. The maximum Gasteiger partial charge on any atom is 0.268 e. The highest BCUT2D eigenvalue weighted by molar-refractivity contribution is 9.10. The minimum Gasteiger partial charge on any atom is -0.318 e. The van der Waals surface area contributed by atoms with E-state index < -0.39 is 15.9 Å². The molecule has 0 unspecified atom stereocenters. The van der Waals surface area contributed by atoms with Crippen molar-refractivity contribution in [2.24, 2.45) is 0 Å². The Balaban J connectivity index is 1.83. The van der Waals surface area contributed by atoms with E-state index in [-0.39, 0.29) is 4.90 Å². The normalized spacial score (nSPS) is 11.4. The average molecular weight is 448 g/mol. The van der Waals surface area contributed by atoms with Crippen molar-refractivity contribution in [1.29, 1.82) is 0 Å². The molecule has 0 aliphatic carbocycles. The van der Waals surface area contributed by atoms with Gasteiger partial charge in [-0.2, -0.15) is 0 Å². The molecule has 0 atom stereocenters. The van der Waals surface area contributed by atoms with Gasteiger partial charge in [0.25, 0.3) is 15.9 Å².